The van der Waals surface area contributed by atoms with Crippen molar-refractivity contribution >= 4 is 12.0 Å². The first-order chi connectivity index (χ1) is 11.1. The van der Waals surface area contributed by atoms with Gasteiger partial charge in [-0.2, -0.15) is 0 Å². The molecule has 0 bridgehead atoms. The lowest BCUT2D eigenvalue weighted by molar-refractivity contribution is -0.142. The fraction of sp³-hybridized carbons (Fsp3) is 0.882. The number of rotatable bonds is 6. The number of hydrogen-bond donors (Lipinski definition) is 3. The molecule has 23 heavy (non-hydrogen) atoms. The molecule has 6 heteroatoms. The number of carbonyl (C=O) groups excluding carboxylic acids is 1. The third-order valence-electron chi connectivity index (χ3n) is 5.16. The van der Waals surface area contributed by atoms with E-state index in [1.54, 1.807) is 0 Å². The summed E-state index contributed by atoms with van der Waals surface area (Å²) in [6, 6.07) is -0.0889. The summed E-state index contributed by atoms with van der Waals surface area (Å²) in [6.45, 7) is 3.30. The second-order valence-electron chi connectivity index (χ2n) is 6.96. The molecule has 0 aliphatic heterocycles. The number of aliphatic carboxylic acids is 1. The van der Waals surface area contributed by atoms with Gasteiger partial charge in [0.05, 0.1) is 18.6 Å². The zero-order valence-electron chi connectivity index (χ0n) is 14.1. The highest BCUT2D eigenvalue weighted by molar-refractivity contribution is 5.74. The van der Waals surface area contributed by atoms with E-state index in [1.165, 1.54) is 19.3 Å². The van der Waals surface area contributed by atoms with Crippen molar-refractivity contribution in [3.8, 4) is 0 Å². The van der Waals surface area contributed by atoms with Crippen molar-refractivity contribution < 1.29 is 19.4 Å². The van der Waals surface area contributed by atoms with Crippen LogP contribution in [0.1, 0.15) is 58.3 Å². The molecule has 6 nitrogen and oxygen atoms in total. The van der Waals surface area contributed by atoms with Crippen LogP contribution in [-0.4, -0.2) is 42.4 Å². The number of amides is 2. The molecule has 0 spiro atoms. The molecule has 2 aliphatic rings. The van der Waals surface area contributed by atoms with E-state index >= 15 is 0 Å². The fourth-order valence-electron chi connectivity index (χ4n) is 3.63. The Labute approximate surface area is 138 Å². The minimum atomic E-state index is -0.720. The van der Waals surface area contributed by atoms with Crippen LogP contribution in [0.2, 0.25) is 0 Å². The van der Waals surface area contributed by atoms with Gasteiger partial charge < -0.3 is 20.5 Å². The number of nitrogens with one attached hydrogen (secondary N) is 2. The van der Waals surface area contributed by atoms with Gasteiger partial charge in [0.15, 0.2) is 0 Å². The van der Waals surface area contributed by atoms with Gasteiger partial charge in [0.25, 0.3) is 0 Å². The van der Waals surface area contributed by atoms with E-state index in [-0.39, 0.29) is 18.0 Å². The average Bonchev–Trinajstić information content (AvgIpc) is 2.53. The predicted octanol–water partition coefficient (Wildman–Crippen LogP) is 2.52. The van der Waals surface area contributed by atoms with Crippen molar-refractivity contribution in [3.63, 3.8) is 0 Å². The maximum Gasteiger partial charge on any atom is 0.315 e. The number of carbonyl (C=O) groups is 2. The van der Waals surface area contributed by atoms with Gasteiger partial charge in [-0.05, 0) is 44.4 Å². The third-order valence-corrected chi connectivity index (χ3v) is 5.16. The Morgan fingerprint density at radius 3 is 2.43 bits per heavy atom. The summed E-state index contributed by atoms with van der Waals surface area (Å²) in [4.78, 5) is 22.7. The van der Waals surface area contributed by atoms with E-state index in [2.05, 4.69) is 17.6 Å². The quantitative estimate of drug-likeness (QED) is 0.655. The smallest absolute Gasteiger partial charge is 0.315 e. The van der Waals surface area contributed by atoms with Crippen molar-refractivity contribution in [2.75, 3.05) is 13.2 Å². The highest BCUT2D eigenvalue weighted by Crippen LogP contribution is 2.26. The standard InChI is InChI=1S/C17H30N2O4/c1-12-4-2-3-5-15(12)23-11-10-18-17(22)19-14-8-6-13(7-9-14)16(20)21/h12-15H,2-11H2,1H3,(H,20,21)(H2,18,19,22). The molecule has 2 amide bonds. The van der Waals surface area contributed by atoms with Gasteiger partial charge in [-0.3, -0.25) is 4.79 Å². The van der Waals surface area contributed by atoms with Crippen molar-refractivity contribution in [1.29, 1.82) is 0 Å². The zero-order valence-corrected chi connectivity index (χ0v) is 14.1. The van der Waals surface area contributed by atoms with Crippen molar-refractivity contribution in [3.05, 3.63) is 0 Å². The van der Waals surface area contributed by atoms with Crippen molar-refractivity contribution in [2.24, 2.45) is 11.8 Å². The molecule has 2 atom stereocenters. The van der Waals surface area contributed by atoms with Crippen LogP contribution in [0.5, 0.6) is 0 Å². The Bertz CT molecular complexity index is 394. The second-order valence-corrected chi connectivity index (χ2v) is 6.96. The third kappa shape index (κ3) is 6.01. The lowest BCUT2D eigenvalue weighted by Crippen LogP contribution is -2.45. The Hall–Kier alpha value is -1.30. The molecular weight excluding hydrogens is 296 g/mol. The maximum atomic E-state index is 11.8. The number of carboxylic acids is 1. The van der Waals surface area contributed by atoms with Gasteiger partial charge in [-0.15, -0.1) is 0 Å². The number of ether oxygens (including phenoxy) is 1. The molecule has 0 aromatic rings. The molecule has 0 heterocycles. The Morgan fingerprint density at radius 2 is 1.78 bits per heavy atom. The number of urea groups is 1. The van der Waals surface area contributed by atoms with Gasteiger partial charge in [0, 0.05) is 12.6 Å². The van der Waals surface area contributed by atoms with E-state index < -0.39 is 5.97 Å². The zero-order chi connectivity index (χ0) is 16.7. The summed E-state index contributed by atoms with van der Waals surface area (Å²) in [5.41, 5.74) is 0. The summed E-state index contributed by atoms with van der Waals surface area (Å²) >= 11 is 0. The molecule has 2 rings (SSSR count). The minimum absolute atomic E-state index is 0.0879. The maximum absolute atomic E-state index is 11.8. The van der Waals surface area contributed by atoms with Crippen LogP contribution in [0.15, 0.2) is 0 Å². The van der Waals surface area contributed by atoms with Gasteiger partial charge in [-0.1, -0.05) is 19.8 Å². The average molecular weight is 326 g/mol. The normalized spacial score (nSPS) is 31.3. The van der Waals surface area contributed by atoms with Crippen LogP contribution < -0.4 is 10.6 Å². The fourth-order valence-corrected chi connectivity index (χ4v) is 3.63. The number of carboxylic acid groups (broad SMARTS) is 1. The van der Waals surface area contributed by atoms with E-state index in [1.807, 2.05) is 0 Å². The topological polar surface area (TPSA) is 87.7 Å². The SMILES string of the molecule is CC1CCCCC1OCCNC(=O)NC1CCC(C(=O)O)CC1. The highest BCUT2D eigenvalue weighted by atomic mass is 16.5. The Balaban J connectivity index is 1.54. The molecular formula is C17H30N2O4. The molecule has 0 aromatic carbocycles. The first kappa shape index (κ1) is 18.0. The van der Waals surface area contributed by atoms with Gasteiger partial charge in [-0.25, -0.2) is 4.79 Å². The first-order valence-corrected chi connectivity index (χ1v) is 8.95. The van der Waals surface area contributed by atoms with E-state index in [0.717, 1.165) is 19.3 Å². The molecule has 2 saturated carbocycles. The van der Waals surface area contributed by atoms with Gasteiger partial charge >= 0.3 is 12.0 Å². The Kier molecular flexibility index (Phi) is 7.15. The lowest BCUT2D eigenvalue weighted by Gasteiger charge is -2.29. The molecule has 2 fully saturated rings. The van der Waals surface area contributed by atoms with Gasteiger partial charge in [0.2, 0.25) is 0 Å². The first-order valence-electron chi connectivity index (χ1n) is 8.95. The van der Waals surface area contributed by atoms with Crippen LogP contribution in [0.25, 0.3) is 0 Å². The summed E-state index contributed by atoms with van der Waals surface area (Å²) in [5.74, 6) is -0.356. The highest BCUT2D eigenvalue weighted by Gasteiger charge is 2.26. The molecule has 0 radical (unpaired) electrons. The summed E-state index contributed by atoms with van der Waals surface area (Å²) in [5, 5.41) is 14.7. The largest absolute Gasteiger partial charge is 0.481 e. The molecule has 0 saturated heterocycles. The summed E-state index contributed by atoms with van der Waals surface area (Å²) < 4.78 is 5.87. The number of hydrogen-bond acceptors (Lipinski definition) is 3. The van der Waals surface area contributed by atoms with Gasteiger partial charge in [0.1, 0.15) is 0 Å². The van der Waals surface area contributed by atoms with Crippen LogP contribution in [0.3, 0.4) is 0 Å². The van der Waals surface area contributed by atoms with Crippen molar-refractivity contribution in [1.82, 2.24) is 10.6 Å². The van der Waals surface area contributed by atoms with E-state index in [4.69, 9.17) is 9.84 Å². The van der Waals surface area contributed by atoms with E-state index in [9.17, 15) is 9.59 Å². The Morgan fingerprint density at radius 1 is 1.09 bits per heavy atom. The predicted molar refractivity (Wildman–Crippen MR) is 87.3 cm³/mol. The molecule has 2 aliphatic carbocycles. The molecule has 0 aromatic heterocycles. The van der Waals surface area contributed by atoms with Crippen LogP contribution in [0.4, 0.5) is 4.79 Å². The summed E-state index contributed by atoms with van der Waals surface area (Å²) in [7, 11) is 0. The minimum Gasteiger partial charge on any atom is -0.481 e. The lowest BCUT2D eigenvalue weighted by atomic mass is 9.86. The van der Waals surface area contributed by atoms with Crippen molar-refractivity contribution in [2.45, 2.75) is 70.4 Å². The summed E-state index contributed by atoms with van der Waals surface area (Å²) in [6.07, 6.45) is 7.98. The molecule has 132 valence electrons. The second kappa shape index (κ2) is 9.11. The van der Waals surface area contributed by atoms with Crippen LogP contribution >= 0.6 is 0 Å². The van der Waals surface area contributed by atoms with E-state index in [0.29, 0.717) is 38.0 Å². The monoisotopic (exact) mass is 326 g/mol. The van der Waals surface area contributed by atoms with Crippen LogP contribution in [-0.2, 0) is 9.53 Å². The van der Waals surface area contributed by atoms with Crippen LogP contribution in [0, 0.1) is 11.8 Å². The molecule has 2 unspecified atom stereocenters. The molecule has 3 N–H and O–H groups in total.